The van der Waals surface area contributed by atoms with Crippen molar-refractivity contribution in [2.75, 3.05) is 64.9 Å². The molecule has 1 N–H and O–H groups in total. The van der Waals surface area contributed by atoms with Gasteiger partial charge in [-0.25, -0.2) is 9.97 Å². The van der Waals surface area contributed by atoms with E-state index in [1.165, 1.54) is 24.8 Å². The zero-order valence-electron chi connectivity index (χ0n) is 19.7. The van der Waals surface area contributed by atoms with Crippen LogP contribution in [0.1, 0.15) is 30.9 Å². The second-order valence-electron chi connectivity index (χ2n) is 8.34. The molecule has 180 valence electrons. The van der Waals surface area contributed by atoms with E-state index in [9.17, 15) is 0 Å². The van der Waals surface area contributed by atoms with E-state index in [2.05, 4.69) is 59.2 Å². The number of anilines is 1. The first-order valence-electron chi connectivity index (χ1n) is 11.6. The Labute approximate surface area is 214 Å². The minimum Gasteiger partial charge on any atom is -0.497 e. The standard InChI is InChI=1S/C24H35N7O.HI/c1-25-23(30-15-17-31(18-16-30)24-26-11-6-12-27-24)28-19-22(29-13-4-3-5-14-29)20-7-9-21(32-2)10-8-20;/h6-12,22H,3-5,13-19H2,1-2H3,(H,25,28);1H. The largest absolute Gasteiger partial charge is 0.497 e. The third-order valence-electron chi connectivity index (χ3n) is 6.41. The molecule has 4 rings (SSSR count). The number of benzene rings is 1. The van der Waals surface area contributed by atoms with Gasteiger partial charge in [-0.2, -0.15) is 0 Å². The lowest BCUT2D eigenvalue weighted by atomic mass is 10.0. The van der Waals surface area contributed by atoms with Gasteiger partial charge in [0.2, 0.25) is 5.95 Å². The number of nitrogens with zero attached hydrogens (tertiary/aromatic N) is 6. The Morgan fingerprint density at radius 3 is 2.27 bits per heavy atom. The first-order chi connectivity index (χ1) is 15.8. The van der Waals surface area contributed by atoms with Crippen LogP contribution in [0.15, 0.2) is 47.7 Å². The molecule has 3 heterocycles. The summed E-state index contributed by atoms with van der Waals surface area (Å²) in [5.41, 5.74) is 1.32. The zero-order chi connectivity index (χ0) is 22.2. The molecule has 2 saturated heterocycles. The number of hydrogen-bond donors (Lipinski definition) is 1. The van der Waals surface area contributed by atoms with Crippen LogP contribution in [-0.4, -0.2) is 85.7 Å². The second-order valence-corrected chi connectivity index (χ2v) is 8.34. The summed E-state index contributed by atoms with van der Waals surface area (Å²) in [6.45, 7) is 6.70. The van der Waals surface area contributed by atoms with Crippen LogP contribution >= 0.6 is 24.0 Å². The van der Waals surface area contributed by atoms with Gasteiger partial charge >= 0.3 is 0 Å². The zero-order valence-corrected chi connectivity index (χ0v) is 22.0. The van der Waals surface area contributed by atoms with Gasteiger partial charge in [-0.3, -0.25) is 9.89 Å². The number of aromatic nitrogens is 2. The van der Waals surface area contributed by atoms with Crippen molar-refractivity contribution in [3.8, 4) is 5.75 Å². The van der Waals surface area contributed by atoms with E-state index in [-0.39, 0.29) is 24.0 Å². The number of piperidine rings is 1. The molecule has 2 aromatic rings. The van der Waals surface area contributed by atoms with Gasteiger partial charge in [0.15, 0.2) is 5.96 Å². The number of likely N-dealkylation sites (tertiary alicyclic amines) is 1. The lowest BCUT2D eigenvalue weighted by Crippen LogP contribution is -2.54. The maximum Gasteiger partial charge on any atom is 0.225 e. The number of hydrogen-bond acceptors (Lipinski definition) is 6. The summed E-state index contributed by atoms with van der Waals surface area (Å²) in [5, 5.41) is 3.67. The minimum atomic E-state index is 0. The number of guanidine groups is 1. The highest BCUT2D eigenvalue weighted by Gasteiger charge is 2.25. The summed E-state index contributed by atoms with van der Waals surface area (Å²) in [5.74, 6) is 2.67. The minimum absolute atomic E-state index is 0. The van der Waals surface area contributed by atoms with Crippen molar-refractivity contribution in [3.05, 3.63) is 48.3 Å². The monoisotopic (exact) mass is 565 g/mol. The summed E-state index contributed by atoms with van der Waals surface area (Å²) < 4.78 is 5.36. The van der Waals surface area contributed by atoms with Crippen molar-refractivity contribution in [2.45, 2.75) is 25.3 Å². The molecule has 0 amide bonds. The van der Waals surface area contributed by atoms with Crippen molar-refractivity contribution >= 4 is 35.9 Å². The van der Waals surface area contributed by atoms with E-state index in [0.29, 0.717) is 6.04 Å². The third kappa shape index (κ3) is 6.69. The molecule has 9 heteroatoms. The summed E-state index contributed by atoms with van der Waals surface area (Å²) in [6.07, 6.45) is 7.47. The predicted molar refractivity (Wildman–Crippen MR) is 144 cm³/mol. The van der Waals surface area contributed by atoms with Gasteiger partial charge in [0.05, 0.1) is 13.2 Å². The number of piperazine rings is 1. The molecule has 1 aromatic heterocycles. The van der Waals surface area contributed by atoms with E-state index in [4.69, 9.17) is 4.74 Å². The van der Waals surface area contributed by atoms with Crippen LogP contribution in [0.3, 0.4) is 0 Å². The molecule has 0 bridgehead atoms. The maximum atomic E-state index is 5.36. The molecular formula is C24H36IN7O. The molecule has 1 unspecified atom stereocenters. The molecule has 2 aliphatic rings. The highest BCUT2D eigenvalue weighted by molar-refractivity contribution is 14.0. The molecule has 2 aliphatic heterocycles. The number of halogens is 1. The van der Waals surface area contributed by atoms with Gasteiger partial charge < -0.3 is 19.9 Å². The summed E-state index contributed by atoms with van der Waals surface area (Å²) >= 11 is 0. The lowest BCUT2D eigenvalue weighted by Gasteiger charge is -2.38. The van der Waals surface area contributed by atoms with E-state index < -0.39 is 0 Å². The van der Waals surface area contributed by atoms with E-state index >= 15 is 0 Å². The van der Waals surface area contributed by atoms with E-state index in [0.717, 1.165) is 63.5 Å². The van der Waals surface area contributed by atoms with Crippen LogP contribution in [0, 0.1) is 0 Å². The second kappa shape index (κ2) is 12.9. The van der Waals surface area contributed by atoms with Gasteiger partial charge in [-0.1, -0.05) is 18.6 Å². The molecule has 0 aliphatic carbocycles. The van der Waals surface area contributed by atoms with Gasteiger partial charge in [0, 0.05) is 52.2 Å². The number of rotatable bonds is 6. The number of ether oxygens (including phenoxy) is 1. The fraction of sp³-hybridized carbons (Fsp3) is 0.542. The molecule has 1 atom stereocenters. The van der Waals surface area contributed by atoms with Crippen molar-refractivity contribution in [1.29, 1.82) is 0 Å². The molecule has 0 saturated carbocycles. The highest BCUT2D eigenvalue weighted by Crippen LogP contribution is 2.26. The summed E-state index contributed by atoms with van der Waals surface area (Å²) in [6, 6.07) is 10.7. The first-order valence-corrected chi connectivity index (χ1v) is 11.6. The van der Waals surface area contributed by atoms with E-state index in [1.54, 1.807) is 19.5 Å². The van der Waals surface area contributed by atoms with Crippen molar-refractivity contribution in [3.63, 3.8) is 0 Å². The molecule has 0 radical (unpaired) electrons. The highest BCUT2D eigenvalue weighted by atomic mass is 127. The van der Waals surface area contributed by atoms with Crippen LogP contribution in [0.2, 0.25) is 0 Å². The molecule has 0 spiro atoms. The Kier molecular flexibility index (Phi) is 9.98. The molecule has 2 fully saturated rings. The maximum absolute atomic E-state index is 5.36. The smallest absolute Gasteiger partial charge is 0.225 e. The van der Waals surface area contributed by atoms with Crippen LogP contribution < -0.4 is 15.0 Å². The lowest BCUT2D eigenvalue weighted by molar-refractivity contribution is 0.163. The summed E-state index contributed by atoms with van der Waals surface area (Å²) in [7, 11) is 3.59. The third-order valence-corrected chi connectivity index (χ3v) is 6.41. The van der Waals surface area contributed by atoms with Gasteiger partial charge in [-0.05, 0) is 49.7 Å². The number of nitrogens with one attached hydrogen (secondary N) is 1. The van der Waals surface area contributed by atoms with Crippen molar-refractivity contribution in [1.82, 2.24) is 25.1 Å². The summed E-state index contributed by atoms with van der Waals surface area (Å²) in [4.78, 5) is 20.5. The fourth-order valence-corrected chi connectivity index (χ4v) is 4.61. The Morgan fingerprint density at radius 1 is 1.00 bits per heavy atom. The Balaban J connectivity index is 0.00000306. The average Bonchev–Trinajstić information content (AvgIpc) is 2.88. The predicted octanol–water partition coefficient (Wildman–Crippen LogP) is 3.03. The molecular weight excluding hydrogens is 529 g/mol. The van der Waals surface area contributed by atoms with Crippen LogP contribution in [0.25, 0.3) is 0 Å². The SMILES string of the molecule is CN=C(NCC(c1ccc(OC)cc1)N1CCCCC1)N1CCN(c2ncccn2)CC1.I. The molecule has 8 nitrogen and oxygen atoms in total. The Hall–Kier alpha value is -2.14. The quantitative estimate of drug-likeness (QED) is 0.328. The van der Waals surface area contributed by atoms with Gasteiger partial charge in [-0.15, -0.1) is 24.0 Å². The average molecular weight is 566 g/mol. The van der Waals surface area contributed by atoms with Crippen LogP contribution in [0.4, 0.5) is 5.95 Å². The van der Waals surface area contributed by atoms with Crippen molar-refractivity contribution < 1.29 is 4.74 Å². The number of aliphatic imine (C=N–C) groups is 1. The fourth-order valence-electron chi connectivity index (χ4n) is 4.61. The van der Waals surface area contributed by atoms with Gasteiger partial charge in [0.1, 0.15) is 5.75 Å². The molecule has 1 aromatic carbocycles. The Bertz CT molecular complexity index is 851. The van der Waals surface area contributed by atoms with Crippen LogP contribution in [0.5, 0.6) is 5.75 Å². The normalized spacial score (nSPS) is 18.4. The Morgan fingerprint density at radius 2 is 1.67 bits per heavy atom. The topological polar surface area (TPSA) is 69.1 Å². The molecule has 33 heavy (non-hydrogen) atoms. The van der Waals surface area contributed by atoms with Gasteiger partial charge in [0.25, 0.3) is 0 Å². The number of methoxy groups -OCH3 is 1. The van der Waals surface area contributed by atoms with E-state index in [1.807, 2.05) is 13.1 Å². The van der Waals surface area contributed by atoms with Crippen molar-refractivity contribution in [2.24, 2.45) is 4.99 Å². The first kappa shape index (κ1) is 25.5. The van der Waals surface area contributed by atoms with Crippen LogP contribution in [-0.2, 0) is 0 Å².